The summed E-state index contributed by atoms with van der Waals surface area (Å²) in [5, 5.41) is 8.53. The van der Waals surface area contributed by atoms with Gasteiger partial charge in [0.1, 0.15) is 5.70 Å². The van der Waals surface area contributed by atoms with Crippen molar-refractivity contribution in [2.24, 2.45) is 0 Å². The molecule has 3 N–H and O–H groups in total. The van der Waals surface area contributed by atoms with Crippen LogP contribution in [0.15, 0.2) is 114 Å². The second-order valence-electron chi connectivity index (χ2n) is 8.92. The largest absolute Gasteiger partial charge is 0.325 e. The van der Waals surface area contributed by atoms with Gasteiger partial charge in [0.15, 0.2) is 0 Å². The predicted octanol–water partition coefficient (Wildman–Crippen LogP) is 6.44. The van der Waals surface area contributed by atoms with E-state index in [9.17, 15) is 14.4 Å². The van der Waals surface area contributed by atoms with Crippen molar-refractivity contribution in [1.82, 2.24) is 5.32 Å². The number of carbonyl (C=O) groups is 3. The number of hydrogen-bond acceptors (Lipinski definition) is 4. The first-order valence-electron chi connectivity index (χ1n) is 12.4. The number of amides is 3. The van der Waals surface area contributed by atoms with Gasteiger partial charge in [-0.1, -0.05) is 66.2 Å². The Hall–Kier alpha value is -4.62. The molecule has 0 aromatic heterocycles. The highest BCUT2D eigenvalue weighted by atomic mass is 32.2. The fraction of sp³-hybridized carbons (Fsp3) is 0.0938. The van der Waals surface area contributed by atoms with Crippen molar-refractivity contribution >= 4 is 46.9 Å². The minimum absolute atomic E-state index is 0.0887. The monoisotopic (exact) mass is 535 g/mol. The second-order valence-corrected chi connectivity index (χ2v) is 9.97. The molecule has 0 aliphatic carbocycles. The summed E-state index contributed by atoms with van der Waals surface area (Å²) in [6.45, 7) is 3.98. The van der Waals surface area contributed by atoms with E-state index in [1.54, 1.807) is 42.5 Å². The molecule has 0 fully saturated rings. The van der Waals surface area contributed by atoms with Crippen LogP contribution in [0.1, 0.15) is 27.0 Å². The van der Waals surface area contributed by atoms with Gasteiger partial charge in [0.25, 0.3) is 11.8 Å². The van der Waals surface area contributed by atoms with E-state index in [0.717, 1.165) is 27.3 Å². The number of thioether (sulfide) groups is 1. The van der Waals surface area contributed by atoms with Crippen LogP contribution in [-0.2, 0) is 9.59 Å². The topological polar surface area (TPSA) is 87.3 Å². The summed E-state index contributed by atoms with van der Waals surface area (Å²) in [6.07, 6.45) is 1.63. The van der Waals surface area contributed by atoms with Gasteiger partial charge < -0.3 is 16.0 Å². The van der Waals surface area contributed by atoms with Crippen LogP contribution >= 0.6 is 11.8 Å². The molecule has 6 nitrogen and oxygen atoms in total. The van der Waals surface area contributed by atoms with Crippen LogP contribution < -0.4 is 16.0 Å². The predicted molar refractivity (Wildman–Crippen MR) is 159 cm³/mol. The Morgan fingerprint density at radius 3 is 2.10 bits per heavy atom. The standard InChI is InChI=1S/C32H29N3O3S/c1-22-13-18-28(23(2)19-22)34-30(36)21-39-27-16-14-26(15-17-27)33-32(38)29(20-24-9-5-3-6-10-24)35-31(37)25-11-7-4-8-12-25/h3-20H,21H2,1-2H3,(H,33,38)(H,34,36)(H,35,37)/b29-20-. The minimum atomic E-state index is -0.448. The second kappa shape index (κ2) is 13.3. The minimum Gasteiger partial charge on any atom is -0.325 e. The molecule has 4 aromatic rings. The zero-order valence-corrected chi connectivity index (χ0v) is 22.5. The molecule has 7 heteroatoms. The summed E-state index contributed by atoms with van der Waals surface area (Å²) in [5.74, 6) is -0.654. The maximum atomic E-state index is 13.2. The third-order valence-electron chi connectivity index (χ3n) is 5.78. The van der Waals surface area contributed by atoms with E-state index >= 15 is 0 Å². The summed E-state index contributed by atoms with van der Waals surface area (Å²) >= 11 is 1.41. The zero-order valence-electron chi connectivity index (χ0n) is 21.7. The Bertz CT molecular complexity index is 1480. The SMILES string of the molecule is Cc1ccc(NC(=O)CSc2ccc(NC(=O)/C(=C/c3ccccc3)NC(=O)c3ccccc3)cc2)c(C)c1. The molecule has 0 bridgehead atoms. The van der Waals surface area contributed by atoms with E-state index in [2.05, 4.69) is 16.0 Å². The fourth-order valence-corrected chi connectivity index (χ4v) is 4.48. The summed E-state index contributed by atoms with van der Waals surface area (Å²) in [5.41, 5.74) is 4.90. The number of benzene rings is 4. The molecule has 0 atom stereocenters. The number of anilines is 2. The molecule has 0 saturated heterocycles. The van der Waals surface area contributed by atoms with Crippen LogP contribution in [0.5, 0.6) is 0 Å². The lowest BCUT2D eigenvalue weighted by molar-refractivity contribution is -0.114. The van der Waals surface area contributed by atoms with Gasteiger partial charge in [-0.3, -0.25) is 14.4 Å². The molecular weight excluding hydrogens is 506 g/mol. The Kier molecular flexibility index (Phi) is 9.32. The molecule has 0 spiro atoms. The van der Waals surface area contributed by atoms with Gasteiger partial charge in [-0.05, 0) is 73.5 Å². The third kappa shape index (κ3) is 8.18. The highest BCUT2D eigenvalue weighted by Crippen LogP contribution is 2.22. The van der Waals surface area contributed by atoms with Crippen molar-refractivity contribution in [2.45, 2.75) is 18.7 Å². The smallest absolute Gasteiger partial charge is 0.272 e. The quantitative estimate of drug-likeness (QED) is 0.170. The highest BCUT2D eigenvalue weighted by Gasteiger charge is 2.15. The number of rotatable bonds is 9. The fourth-order valence-electron chi connectivity index (χ4n) is 3.78. The van der Waals surface area contributed by atoms with Gasteiger partial charge in [-0.15, -0.1) is 11.8 Å². The van der Waals surface area contributed by atoms with Crippen LogP contribution in [-0.4, -0.2) is 23.5 Å². The summed E-state index contributed by atoms with van der Waals surface area (Å²) in [6, 6.07) is 31.2. The van der Waals surface area contributed by atoms with Crippen LogP contribution in [0.25, 0.3) is 6.08 Å². The first-order valence-corrected chi connectivity index (χ1v) is 13.4. The molecule has 0 aliphatic heterocycles. The number of nitrogens with one attached hydrogen (secondary N) is 3. The van der Waals surface area contributed by atoms with Gasteiger partial charge in [0.05, 0.1) is 5.75 Å². The van der Waals surface area contributed by atoms with Crippen molar-refractivity contribution in [2.75, 3.05) is 16.4 Å². The Labute approximate surface area is 232 Å². The summed E-state index contributed by atoms with van der Waals surface area (Å²) in [7, 11) is 0. The van der Waals surface area contributed by atoms with Gasteiger partial charge in [-0.2, -0.15) is 0 Å². The molecule has 0 aliphatic rings. The van der Waals surface area contributed by atoms with Gasteiger partial charge in [-0.25, -0.2) is 0 Å². The normalized spacial score (nSPS) is 11.0. The van der Waals surface area contributed by atoms with Gasteiger partial charge >= 0.3 is 0 Å². The summed E-state index contributed by atoms with van der Waals surface area (Å²) < 4.78 is 0. The van der Waals surface area contributed by atoms with E-state index in [0.29, 0.717) is 11.3 Å². The highest BCUT2D eigenvalue weighted by molar-refractivity contribution is 8.00. The molecule has 3 amide bonds. The van der Waals surface area contributed by atoms with Gasteiger partial charge in [0, 0.05) is 21.8 Å². The van der Waals surface area contributed by atoms with E-state index in [1.807, 2.05) is 80.6 Å². The first kappa shape index (κ1) is 27.4. The van der Waals surface area contributed by atoms with E-state index in [-0.39, 0.29) is 23.3 Å². The number of hydrogen-bond donors (Lipinski definition) is 3. The molecule has 0 heterocycles. The maximum Gasteiger partial charge on any atom is 0.272 e. The molecule has 0 radical (unpaired) electrons. The Balaban J connectivity index is 1.38. The lowest BCUT2D eigenvalue weighted by atomic mass is 10.1. The molecular formula is C32H29N3O3S. The van der Waals surface area contributed by atoms with E-state index in [1.165, 1.54) is 11.8 Å². The van der Waals surface area contributed by atoms with Crippen LogP contribution in [0.4, 0.5) is 11.4 Å². The molecule has 0 saturated carbocycles. The molecule has 196 valence electrons. The van der Waals surface area contributed by atoms with Crippen LogP contribution in [0.3, 0.4) is 0 Å². The first-order chi connectivity index (χ1) is 18.9. The lowest BCUT2D eigenvalue weighted by Gasteiger charge is -2.12. The van der Waals surface area contributed by atoms with Gasteiger partial charge in [0.2, 0.25) is 5.91 Å². The maximum absolute atomic E-state index is 13.2. The van der Waals surface area contributed by atoms with Crippen LogP contribution in [0, 0.1) is 13.8 Å². The van der Waals surface area contributed by atoms with E-state index in [4.69, 9.17) is 0 Å². The van der Waals surface area contributed by atoms with Crippen molar-refractivity contribution in [3.05, 3.63) is 131 Å². The Morgan fingerprint density at radius 2 is 1.44 bits per heavy atom. The Morgan fingerprint density at radius 1 is 0.769 bits per heavy atom. The zero-order chi connectivity index (χ0) is 27.6. The van der Waals surface area contributed by atoms with Crippen molar-refractivity contribution in [1.29, 1.82) is 0 Å². The van der Waals surface area contributed by atoms with Crippen LogP contribution in [0.2, 0.25) is 0 Å². The number of aryl methyl sites for hydroxylation is 2. The average molecular weight is 536 g/mol. The van der Waals surface area contributed by atoms with E-state index < -0.39 is 5.91 Å². The number of carbonyl (C=O) groups excluding carboxylic acids is 3. The lowest BCUT2D eigenvalue weighted by Crippen LogP contribution is -2.30. The van der Waals surface area contributed by atoms with Crippen molar-refractivity contribution < 1.29 is 14.4 Å². The molecule has 0 unspecified atom stereocenters. The molecule has 4 aromatic carbocycles. The average Bonchev–Trinajstić information content (AvgIpc) is 2.95. The van der Waals surface area contributed by atoms with Crippen molar-refractivity contribution in [3.63, 3.8) is 0 Å². The molecule has 39 heavy (non-hydrogen) atoms. The third-order valence-corrected chi connectivity index (χ3v) is 6.79. The van der Waals surface area contributed by atoms with Crippen molar-refractivity contribution in [3.8, 4) is 0 Å². The summed E-state index contributed by atoms with van der Waals surface area (Å²) in [4.78, 5) is 39.2. The molecule has 4 rings (SSSR count).